The molecular formula is C22H30Cl2O2SiZr. The second kappa shape index (κ2) is 12.0. The summed E-state index contributed by atoms with van der Waals surface area (Å²) in [5, 5.41) is 0. The van der Waals surface area contributed by atoms with Gasteiger partial charge in [-0.15, -0.1) is 0 Å². The fourth-order valence-corrected chi connectivity index (χ4v) is 5.94. The summed E-state index contributed by atoms with van der Waals surface area (Å²) in [5.41, 5.74) is 2.53. The molecular weight excluding hydrogens is 486 g/mol. The predicted molar refractivity (Wildman–Crippen MR) is 121 cm³/mol. The molecule has 0 spiro atoms. The average Bonchev–Trinajstić information content (AvgIpc) is 3.20. The Morgan fingerprint density at radius 1 is 0.964 bits per heavy atom. The number of rotatable bonds is 4. The summed E-state index contributed by atoms with van der Waals surface area (Å²) in [4.78, 5) is 0. The van der Waals surface area contributed by atoms with E-state index < -0.39 is 29.4 Å². The van der Waals surface area contributed by atoms with Crippen LogP contribution in [0.4, 0.5) is 0 Å². The van der Waals surface area contributed by atoms with Gasteiger partial charge < -0.3 is 23.7 Å². The Bertz CT molecular complexity index is 706. The quantitative estimate of drug-likeness (QED) is 0.309. The minimum atomic E-state index is -2.19. The van der Waals surface area contributed by atoms with Gasteiger partial charge in [-0.05, 0) is 43.0 Å². The summed E-state index contributed by atoms with van der Waals surface area (Å²) in [6, 6.07) is 8.46. The van der Waals surface area contributed by atoms with Crippen molar-refractivity contribution in [3.8, 4) is 0 Å². The van der Waals surface area contributed by atoms with Gasteiger partial charge in [0.25, 0.3) is 0 Å². The molecule has 0 radical (unpaired) electrons. The zero-order valence-electron chi connectivity index (χ0n) is 17.1. The number of benzene rings is 1. The zero-order chi connectivity index (χ0) is 18.6. The predicted octanol–water partition coefficient (Wildman–Crippen LogP) is 7.29. The van der Waals surface area contributed by atoms with Crippen molar-refractivity contribution < 1.29 is 29.7 Å². The second-order valence-electron chi connectivity index (χ2n) is 7.24. The third-order valence-electron chi connectivity index (χ3n) is 5.11. The van der Waals surface area contributed by atoms with Gasteiger partial charge in [-0.2, -0.15) is 0 Å². The third-order valence-corrected chi connectivity index (χ3v) is 6.80. The van der Waals surface area contributed by atoms with Crippen molar-refractivity contribution in [1.82, 2.24) is 0 Å². The van der Waals surface area contributed by atoms with Crippen LogP contribution in [0.3, 0.4) is 0 Å². The van der Waals surface area contributed by atoms with Crippen LogP contribution in [0.1, 0.15) is 30.1 Å². The van der Waals surface area contributed by atoms with E-state index in [1.807, 2.05) is 0 Å². The molecule has 0 N–H and O–H groups in total. The number of hydrogen-bond donors (Lipinski definition) is 0. The van der Waals surface area contributed by atoms with E-state index in [2.05, 4.69) is 73.8 Å². The molecule has 152 valence electrons. The van der Waals surface area contributed by atoms with Crippen LogP contribution in [0.2, 0.25) is 13.1 Å². The Balaban J connectivity index is 0.000000739. The molecule has 0 bridgehead atoms. The van der Waals surface area contributed by atoms with E-state index >= 15 is 0 Å². The second-order valence-corrected chi connectivity index (χ2v) is 14.2. The molecule has 0 saturated heterocycles. The van der Waals surface area contributed by atoms with Crippen LogP contribution in [-0.2, 0) is 29.7 Å². The van der Waals surface area contributed by atoms with Crippen LogP contribution in [0.25, 0.3) is 6.08 Å². The molecule has 2 nitrogen and oxygen atoms in total. The van der Waals surface area contributed by atoms with E-state index in [-0.39, 0.29) is 21.0 Å². The van der Waals surface area contributed by atoms with Crippen molar-refractivity contribution in [2.24, 2.45) is 11.8 Å². The number of halogens is 2. The molecule has 1 aromatic rings. The molecule has 0 heterocycles. The van der Waals surface area contributed by atoms with Gasteiger partial charge in [0.1, 0.15) is 0 Å². The minimum absolute atomic E-state index is 0. The van der Waals surface area contributed by atoms with Crippen LogP contribution in [0.15, 0.2) is 54.6 Å². The van der Waals surface area contributed by atoms with Crippen molar-refractivity contribution in [2.75, 3.05) is 0 Å². The summed E-state index contributed by atoms with van der Waals surface area (Å²) >= 11 is -0.826. The molecule has 3 aliphatic carbocycles. The van der Waals surface area contributed by atoms with Crippen LogP contribution in [0, 0.1) is 26.7 Å². The molecule has 4 atom stereocenters. The maximum absolute atomic E-state index is 6.54. The molecule has 0 aliphatic heterocycles. The molecule has 0 amide bonds. The Labute approximate surface area is 190 Å². The first-order valence-electron chi connectivity index (χ1n) is 8.98. The zero-order valence-corrected chi connectivity index (χ0v) is 22.0. The molecule has 1 aromatic carbocycles. The van der Waals surface area contributed by atoms with Crippen molar-refractivity contribution in [1.29, 1.82) is 0 Å². The average molecular weight is 517 g/mol. The number of allylic oxidation sites excluding steroid dienone is 3. The first-order valence-corrected chi connectivity index (χ1v) is 18.1. The van der Waals surface area contributed by atoms with Crippen molar-refractivity contribution >= 4 is 31.7 Å². The fourth-order valence-electron chi connectivity index (χ4n) is 4.06. The fraction of sp³-hybridized carbons (Fsp3) is 0.364. The molecule has 3 aliphatic rings. The molecule has 4 unspecified atom stereocenters. The van der Waals surface area contributed by atoms with Gasteiger partial charge in [0.05, 0.1) is 12.2 Å². The van der Waals surface area contributed by atoms with Gasteiger partial charge in [0, 0.05) is 5.92 Å². The molecule has 1 fully saturated rings. The van der Waals surface area contributed by atoms with Gasteiger partial charge in [-0.3, -0.25) is 0 Å². The van der Waals surface area contributed by atoms with Gasteiger partial charge >= 0.3 is 46.4 Å². The summed E-state index contributed by atoms with van der Waals surface area (Å²) in [6.07, 6.45) is 16.0. The van der Waals surface area contributed by atoms with E-state index in [9.17, 15) is 0 Å². The SMILES string of the molecule is C[Si](C)(OC1C=Cc2ccccc21)OC1CCC2C=CC=CC21.[CH3-].[CH3-].[Cl][Zr+2][Cl]. The van der Waals surface area contributed by atoms with Gasteiger partial charge in [-0.1, -0.05) is 60.7 Å². The van der Waals surface area contributed by atoms with E-state index in [0.717, 1.165) is 6.42 Å². The topological polar surface area (TPSA) is 18.5 Å². The Kier molecular flexibility index (Phi) is 11.2. The third kappa shape index (κ3) is 6.52. The van der Waals surface area contributed by atoms with Crippen molar-refractivity contribution in [3.63, 3.8) is 0 Å². The van der Waals surface area contributed by atoms with Crippen LogP contribution < -0.4 is 0 Å². The first-order chi connectivity index (χ1) is 12.5. The van der Waals surface area contributed by atoms with Gasteiger partial charge in [-0.25, -0.2) is 0 Å². The molecule has 6 heteroatoms. The normalized spacial score (nSPS) is 26.1. The van der Waals surface area contributed by atoms with Crippen LogP contribution >= 0.6 is 17.0 Å². The number of fused-ring (bicyclic) bond motifs is 2. The summed E-state index contributed by atoms with van der Waals surface area (Å²) in [6.45, 7) is 4.36. The monoisotopic (exact) mass is 514 g/mol. The van der Waals surface area contributed by atoms with Gasteiger partial charge in [0.15, 0.2) is 0 Å². The molecule has 28 heavy (non-hydrogen) atoms. The van der Waals surface area contributed by atoms with Crippen molar-refractivity contribution in [3.05, 3.63) is 80.6 Å². The van der Waals surface area contributed by atoms with Crippen LogP contribution in [0.5, 0.6) is 0 Å². The molecule has 1 saturated carbocycles. The van der Waals surface area contributed by atoms with Crippen LogP contribution in [-0.4, -0.2) is 14.7 Å². The van der Waals surface area contributed by atoms with E-state index in [4.69, 9.17) is 25.9 Å². The Morgan fingerprint density at radius 2 is 1.64 bits per heavy atom. The van der Waals surface area contributed by atoms with Gasteiger partial charge in [0.2, 0.25) is 0 Å². The Hall–Kier alpha value is 0.0400. The van der Waals surface area contributed by atoms with E-state index in [0.29, 0.717) is 17.9 Å². The summed E-state index contributed by atoms with van der Waals surface area (Å²) in [5.74, 6) is 1.18. The first kappa shape index (κ1) is 26.1. The van der Waals surface area contributed by atoms with Crippen molar-refractivity contribution in [2.45, 2.75) is 38.1 Å². The molecule has 0 aromatic heterocycles. The number of hydrogen-bond acceptors (Lipinski definition) is 2. The van der Waals surface area contributed by atoms with E-state index in [1.54, 1.807) is 0 Å². The standard InChI is InChI=1S/C20H24O2Si.2CH3.2ClH.Zr/c1-23(2,21-19-13-11-15-7-3-5-9-17(15)19)22-20-14-12-16-8-4-6-10-18(16)20;;;;;/h3-11,13,16,18-20H,12,14H2,1-2H3;2*1H3;2*1H;/q;2*-1;;;+4/p-2. The summed E-state index contributed by atoms with van der Waals surface area (Å²) < 4.78 is 13.0. The summed E-state index contributed by atoms with van der Waals surface area (Å²) in [7, 11) is 7.68. The molecule has 4 rings (SSSR count). The van der Waals surface area contributed by atoms with E-state index in [1.165, 1.54) is 17.5 Å². The Morgan fingerprint density at radius 3 is 2.39 bits per heavy atom. The maximum atomic E-state index is 6.54.